The van der Waals surface area contributed by atoms with Gasteiger partial charge in [-0.05, 0) is 13.8 Å². The number of carboxylic acids is 1. The van der Waals surface area contributed by atoms with Crippen molar-refractivity contribution in [2.24, 2.45) is 0 Å². The number of aliphatic carboxylic acids is 1. The van der Waals surface area contributed by atoms with Crippen molar-refractivity contribution in [2.45, 2.75) is 33.2 Å². The number of hydrogen-bond acceptors (Lipinski definition) is 4. The number of rotatable bonds is 8. The monoisotopic (exact) mass is 244 g/mol. The Kier molecular flexibility index (Phi) is 7.13. The Labute approximate surface area is 101 Å². The molecule has 0 aliphatic carbocycles. The fraction of sp³-hybridized carbons (Fsp3) is 0.727. The van der Waals surface area contributed by atoms with E-state index in [2.05, 4.69) is 5.32 Å². The fourth-order valence-corrected chi connectivity index (χ4v) is 1.37. The van der Waals surface area contributed by atoms with Crippen molar-refractivity contribution in [2.75, 3.05) is 19.6 Å². The van der Waals surface area contributed by atoms with Gasteiger partial charge in [0, 0.05) is 26.6 Å². The zero-order valence-electron chi connectivity index (χ0n) is 10.5. The third-order valence-corrected chi connectivity index (χ3v) is 2.52. The number of Topliss-reactive ketones (excluding diaryl/α,β-unsaturated/α-hetero) is 1. The SMILES string of the molecule is CC(=O)NCCN(CCC(=O)O)C(C)C(C)=O. The van der Waals surface area contributed by atoms with Crippen molar-refractivity contribution >= 4 is 17.7 Å². The molecule has 17 heavy (non-hydrogen) atoms. The summed E-state index contributed by atoms with van der Waals surface area (Å²) in [6.45, 7) is 5.79. The van der Waals surface area contributed by atoms with Crippen LogP contribution in [0.2, 0.25) is 0 Å². The number of carboxylic acid groups (broad SMARTS) is 1. The van der Waals surface area contributed by atoms with Crippen LogP contribution in [0, 0.1) is 0 Å². The molecule has 0 spiro atoms. The van der Waals surface area contributed by atoms with E-state index in [1.807, 2.05) is 0 Å². The van der Waals surface area contributed by atoms with Crippen molar-refractivity contribution in [1.82, 2.24) is 10.2 Å². The van der Waals surface area contributed by atoms with Gasteiger partial charge in [-0.15, -0.1) is 0 Å². The zero-order chi connectivity index (χ0) is 13.4. The number of carbonyl (C=O) groups is 3. The molecule has 1 atom stereocenters. The summed E-state index contributed by atoms with van der Waals surface area (Å²) in [6.07, 6.45) is -0.0162. The molecule has 0 bridgehead atoms. The summed E-state index contributed by atoms with van der Waals surface area (Å²) in [5.41, 5.74) is 0. The highest BCUT2D eigenvalue weighted by Crippen LogP contribution is 2.01. The molecule has 1 amide bonds. The minimum absolute atomic E-state index is 0.0155. The maximum absolute atomic E-state index is 11.3. The van der Waals surface area contributed by atoms with Crippen molar-refractivity contribution in [1.29, 1.82) is 0 Å². The molecule has 6 nitrogen and oxygen atoms in total. The van der Waals surface area contributed by atoms with Gasteiger partial charge in [-0.3, -0.25) is 19.3 Å². The lowest BCUT2D eigenvalue weighted by Gasteiger charge is -2.26. The summed E-state index contributed by atoms with van der Waals surface area (Å²) >= 11 is 0. The fourth-order valence-electron chi connectivity index (χ4n) is 1.37. The summed E-state index contributed by atoms with van der Waals surface area (Å²) in [6, 6.07) is -0.330. The Bertz CT molecular complexity index is 291. The first kappa shape index (κ1) is 15.6. The normalized spacial score (nSPS) is 12.2. The molecule has 2 N–H and O–H groups in total. The lowest BCUT2D eigenvalue weighted by atomic mass is 10.2. The quantitative estimate of drug-likeness (QED) is 0.621. The van der Waals surface area contributed by atoms with Crippen molar-refractivity contribution in [3.8, 4) is 0 Å². The zero-order valence-corrected chi connectivity index (χ0v) is 10.5. The minimum atomic E-state index is -0.898. The number of nitrogens with one attached hydrogen (secondary N) is 1. The van der Waals surface area contributed by atoms with Gasteiger partial charge in [0.25, 0.3) is 0 Å². The van der Waals surface area contributed by atoms with E-state index >= 15 is 0 Å². The van der Waals surface area contributed by atoms with Crippen LogP contribution >= 0.6 is 0 Å². The van der Waals surface area contributed by atoms with Crippen LogP contribution in [0.4, 0.5) is 0 Å². The second-order valence-electron chi connectivity index (χ2n) is 3.95. The summed E-state index contributed by atoms with van der Waals surface area (Å²) in [7, 11) is 0. The average molecular weight is 244 g/mol. The number of carbonyl (C=O) groups excluding carboxylic acids is 2. The third kappa shape index (κ3) is 7.46. The molecule has 0 heterocycles. The maximum atomic E-state index is 11.3. The average Bonchev–Trinajstić information content (AvgIpc) is 2.21. The van der Waals surface area contributed by atoms with Crippen LogP contribution in [-0.2, 0) is 14.4 Å². The topological polar surface area (TPSA) is 86.7 Å². The molecule has 0 aromatic rings. The van der Waals surface area contributed by atoms with Gasteiger partial charge in [-0.1, -0.05) is 0 Å². The van der Waals surface area contributed by atoms with E-state index < -0.39 is 5.97 Å². The summed E-state index contributed by atoms with van der Waals surface area (Å²) in [5, 5.41) is 11.2. The van der Waals surface area contributed by atoms with Crippen LogP contribution in [0.5, 0.6) is 0 Å². The maximum Gasteiger partial charge on any atom is 0.304 e. The van der Waals surface area contributed by atoms with Crippen LogP contribution in [0.25, 0.3) is 0 Å². The molecule has 1 unspecified atom stereocenters. The summed E-state index contributed by atoms with van der Waals surface area (Å²) < 4.78 is 0. The van der Waals surface area contributed by atoms with Crippen LogP contribution in [-0.4, -0.2) is 53.3 Å². The number of ketones is 1. The molecule has 0 saturated carbocycles. The molecule has 0 saturated heterocycles. The van der Waals surface area contributed by atoms with Gasteiger partial charge >= 0.3 is 5.97 Å². The van der Waals surface area contributed by atoms with Crippen LogP contribution in [0.15, 0.2) is 0 Å². The highest BCUT2D eigenvalue weighted by molar-refractivity contribution is 5.81. The van der Waals surface area contributed by atoms with Crippen LogP contribution in [0.1, 0.15) is 27.2 Å². The standard InChI is InChI=1S/C11H20N2O4/c1-8(9(2)14)13(6-4-11(16)17)7-5-12-10(3)15/h8H,4-7H2,1-3H3,(H,12,15)(H,16,17). The summed E-state index contributed by atoms with van der Waals surface area (Å²) in [5.74, 6) is -1.05. The molecule has 0 fully saturated rings. The smallest absolute Gasteiger partial charge is 0.304 e. The van der Waals surface area contributed by atoms with E-state index in [9.17, 15) is 14.4 Å². The van der Waals surface area contributed by atoms with Crippen LogP contribution < -0.4 is 5.32 Å². The van der Waals surface area contributed by atoms with Gasteiger partial charge in [0.1, 0.15) is 5.78 Å². The first-order valence-electron chi connectivity index (χ1n) is 5.55. The highest BCUT2D eigenvalue weighted by atomic mass is 16.4. The minimum Gasteiger partial charge on any atom is -0.481 e. The Morgan fingerprint density at radius 1 is 1.24 bits per heavy atom. The second-order valence-corrected chi connectivity index (χ2v) is 3.95. The molecule has 0 aliphatic heterocycles. The van der Waals surface area contributed by atoms with E-state index in [0.29, 0.717) is 19.6 Å². The number of hydrogen-bond donors (Lipinski definition) is 2. The Balaban J connectivity index is 4.24. The van der Waals surface area contributed by atoms with Crippen LogP contribution in [0.3, 0.4) is 0 Å². The number of amides is 1. The molecule has 0 aliphatic rings. The molecule has 6 heteroatoms. The molecule has 0 radical (unpaired) electrons. The molecule has 98 valence electrons. The van der Waals surface area contributed by atoms with Gasteiger partial charge in [-0.2, -0.15) is 0 Å². The first-order chi connectivity index (χ1) is 7.84. The van der Waals surface area contributed by atoms with Gasteiger partial charge in [0.05, 0.1) is 12.5 Å². The van der Waals surface area contributed by atoms with Gasteiger partial charge in [0.15, 0.2) is 0 Å². The van der Waals surface area contributed by atoms with Crippen molar-refractivity contribution in [3.05, 3.63) is 0 Å². The van der Waals surface area contributed by atoms with E-state index in [-0.39, 0.29) is 24.2 Å². The molecule has 0 aromatic heterocycles. The Morgan fingerprint density at radius 3 is 2.24 bits per heavy atom. The third-order valence-electron chi connectivity index (χ3n) is 2.52. The molecule has 0 rings (SSSR count). The van der Waals surface area contributed by atoms with Gasteiger partial charge < -0.3 is 10.4 Å². The van der Waals surface area contributed by atoms with Crippen molar-refractivity contribution in [3.63, 3.8) is 0 Å². The largest absolute Gasteiger partial charge is 0.481 e. The molecule has 0 aromatic carbocycles. The van der Waals surface area contributed by atoms with Crippen molar-refractivity contribution < 1.29 is 19.5 Å². The Morgan fingerprint density at radius 2 is 1.82 bits per heavy atom. The van der Waals surface area contributed by atoms with E-state index in [0.717, 1.165) is 0 Å². The lowest BCUT2D eigenvalue weighted by molar-refractivity contribution is -0.138. The summed E-state index contributed by atoms with van der Waals surface area (Å²) in [4.78, 5) is 34.2. The van der Waals surface area contributed by atoms with E-state index in [1.165, 1.54) is 13.8 Å². The van der Waals surface area contributed by atoms with E-state index in [4.69, 9.17) is 5.11 Å². The molecular weight excluding hydrogens is 224 g/mol. The second kappa shape index (κ2) is 7.78. The first-order valence-corrected chi connectivity index (χ1v) is 5.55. The predicted octanol–water partition coefficient (Wildman–Crippen LogP) is -0.123. The van der Waals surface area contributed by atoms with Gasteiger partial charge in [-0.25, -0.2) is 0 Å². The predicted molar refractivity (Wildman–Crippen MR) is 62.7 cm³/mol. The number of nitrogens with zero attached hydrogens (tertiary/aromatic N) is 1. The highest BCUT2D eigenvalue weighted by Gasteiger charge is 2.18. The lowest BCUT2D eigenvalue weighted by Crippen LogP contribution is -2.43. The Hall–Kier alpha value is -1.43. The van der Waals surface area contributed by atoms with E-state index in [1.54, 1.807) is 11.8 Å². The van der Waals surface area contributed by atoms with Gasteiger partial charge in [0.2, 0.25) is 5.91 Å². The molecular formula is C11H20N2O4.